The highest BCUT2D eigenvalue weighted by molar-refractivity contribution is 5.80. The molecule has 0 aromatic carbocycles. The molecule has 0 aliphatic rings. The Morgan fingerprint density at radius 2 is 0.891 bits per heavy atom. The van der Waals surface area contributed by atoms with Gasteiger partial charge in [0.2, 0.25) is 5.91 Å². The normalized spacial score (nSPS) is 12.6. The predicted molar refractivity (Wildman–Crippen MR) is 235 cm³/mol. The van der Waals surface area contributed by atoms with Crippen molar-refractivity contribution in [1.29, 1.82) is 0 Å². The summed E-state index contributed by atoms with van der Waals surface area (Å²) in [5, 5.41) is 11.1. The second kappa shape index (κ2) is 43.8. The molecule has 316 valence electrons. The molecule has 0 aromatic rings. The van der Waals surface area contributed by atoms with Gasteiger partial charge in [-0.05, 0) is 89.5 Å². The Morgan fingerprint density at radius 1 is 0.491 bits per heavy atom. The molecule has 0 rings (SSSR count). The molecule has 0 aliphatic heterocycles. The van der Waals surface area contributed by atoms with E-state index in [4.69, 9.17) is 9.84 Å². The minimum Gasteiger partial charge on any atom is -0.480 e. The minimum atomic E-state index is -1.02. The van der Waals surface area contributed by atoms with Gasteiger partial charge in [0.15, 0.2) is 0 Å². The van der Waals surface area contributed by atoms with Gasteiger partial charge in [-0.3, -0.25) is 14.4 Å². The predicted octanol–water partition coefficient (Wildman–Crippen LogP) is 14.4. The van der Waals surface area contributed by atoms with Crippen LogP contribution in [0.15, 0.2) is 60.8 Å². The van der Waals surface area contributed by atoms with E-state index in [0.717, 1.165) is 83.5 Å². The van der Waals surface area contributed by atoms with Gasteiger partial charge in [-0.15, -0.1) is 0 Å². The molecule has 55 heavy (non-hydrogen) atoms. The molecule has 0 saturated heterocycles. The lowest BCUT2D eigenvalue weighted by molar-refractivity contribution is -0.147. The first kappa shape index (κ1) is 52.1. The molecular weight excluding hydrogens is 683 g/mol. The third-order valence-electron chi connectivity index (χ3n) is 9.90. The maximum atomic E-state index is 12.7. The van der Waals surface area contributed by atoms with Gasteiger partial charge in [0, 0.05) is 12.8 Å². The lowest BCUT2D eigenvalue weighted by Crippen LogP contribution is -2.28. The van der Waals surface area contributed by atoms with Gasteiger partial charge < -0.3 is 15.2 Å². The summed E-state index contributed by atoms with van der Waals surface area (Å²) in [5.41, 5.74) is 0. The Morgan fingerprint density at radius 3 is 1.40 bits per heavy atom. The number of carbonyl (C=O) groups excluding carboxylic acids is 2. The fraction of sp³-hybridized carbons (Fsp3) is 0.735. The van der Waals surface area contributed by atoms with Crippen LogP contribution in [0.1, 0.15) is 219 Å². The number of allylic oxidation sites excluding steroid dienone is 9. The van der Waals surface area contributed by atoms with Crippen molar-refractivity contribution >= 4 is 17.8 Å². The molecule has 0 aliphatic carbocycles. The van der Waals surface area contributed by atoms with Gasteiger partial charge in [-0.1, -0.05) is 178 Å². The third kappa shape index (κ3) is 43.7. The Labute approximate surface area is 339 Å². The van der Waals surface area contributed by atoms with E-state index in [1.54, 1.807) is 0 Å². The standard InChI is InChI=1S/C49H85NO5/c1-3-5-7-9-11-13-14-15-16-17-18-19-20-21-22-23-24-25-26-28-30-36-40-44-49(54)55-46(41-37-33-29-27-12-10-8-6-4-2)42-38-34-31-32-35-39-43-47(51)50-45-48(52)53/h14-15,17-18,20-21,27,29,37,41,46H,3-13,16,19,22-26,28,30-36,38-40,42-45H2,1-2H3,(H,50,51)(H,52,53)/b15-14-,18-17-,21-20-,29-27-,41-37-. The number of aliphatic carboxylic acids is 1. The first-order chi connectivity index (χ1) is 27.0. The van der Waals surface area contributed by atoms with Crippen LogP contribution >= 0.6 is 0 Å². The number of carboxylic acids is 1. The minimum absolute atomic E-state index is 0.0776. The third-order valence-corrected chi connectivity index (χ3v) is 9.90. The van der Waals surface area contributed by atoms with Crippen LogP contribution in [0.5, 0.6) is 0 Å². The number of hydrogen-bond acceptors (Lipinski definition) is 4. The van der Waals surface area contributed by atoms with E-state index in [9.17, 15) is 14.4 Å². The number of rotatable bonds is 41. The molecule has 0 aromatic heterocycles. The number of hydrogen-bond donors (Lipinski definition) is 2. The van der Waals surface area contributed by atoms with Gasteiger partial charge in [0.1, 0.15) is 12.6 Å². The molecule has 1 atom stereocenters. The maximum absolute atomic E-state index is 12.7. The van der Waals surface area contributed by atoms with Crippen LogP contribution in [0.4, 0.5) is 0 Å². The molecule has 0 spiro atoms. The van der Waals surface area contributed by atoms with Crippen LogP contribution < -0.4 is 5.32 Å². The highest BCUT2D eigenvalue weighted by atomic mass is 16.5. The van der Waals surface area contributed by atoms with E-state index >= 15 is 0 Å². The highest BCUT2D eigenvalue weighted by Gasteiger charge is 2.11. The summed E-state index contributed by atoms with van der Waals surface area (Å²) in [6.45, 7) is 4.19. The number of unbranched alkanes of at least 4 members (excludes halogenated alkanes) is 22. The van der Waals surface area contributed by atoms with Crippen molar-refractivity contribution in [2.24, 2.45) is 0 Å². The molecule has 0 radical (unpaired) electrons. The van der Waals surface area contributed by atoms with Crippen molar-refractivity contribution in [3.63, 3.8) is 0 Å². The van der Waals surface area contributed by atoms with Gasteiger partial charge >= 0.3 is 11.9 Å². The lowest BCUT2D eigenvalue weighted by atomic mass is 10.0. The van der Waals surface area contributed by atoms with Crippen LogP contribution in [-0.4, -0.2) is 35.6 Å². The van der Waals surface area contributed by atoms with Gasteiger partial charge in [-0.2, -0.15) is 0 Å². The van der Waals surface area contributed by atoms with E-state index in [2.05, 4.69) is 79.9 Å². The number of ether oxygens (including phenoxy) is 1. The average Bonchev–Trinajstić information content (AvgIpc) is 3.17. The molecule has 6 nitrogen and oxygen atoms in total. The van der Waals surface area contributed by atoms with Gasteiger partial charge in [0.05, 0.1) is 0 Å². The molecule has 6 heteroatoms. The fourth-order valence-corrected chi connectivity index (χ4v) is 6.47. The second-order valence-corrected chi connectivity index (χ2v) is 15.3. The summed E-state index contributed by atoms with van der Waals surface area (Å²) in [7, 11) is 0. The summed E-state index contributed by atoms with van der Waals surface area (Å²) >= 11 is 0. The quantitative estimate of drug-likeness (QED) is 0.0367. The largest absolute Gasteiger partial charge is 0.480 e. The van der Waals surface area contributed by atoms with Crippen molar-refractivity contribution in [2.45, 2.75) is 225 Å². The number of amides is 1. The monoisotopic (exact) mass is 768 g/mol. The van der Waals surface area contributed by atoms with Crippen LogP contribution in [-0.2, 0) is 19.1 Å². The second-order valence-electron chi connectivity index (χ2n) is 15.3. The molecule has 1 amide bonds. The van der Waals surface area contributed by atoms with Crippen molar-refractivity contribution in [2.75, 3.05) is 6.54 Å². The lowest BCUT2D eigenvalue weighted by Gasteiger charge is -2.14. The number of carbonyl (C=O) groups is 3. The van der Waals surface area contributed by atoms with E-state index < -0.39 is 5.97 Å². The molecular formula is C49H85NO5. The first-order valence-electron chi connectivity index (χ1n) is 22.9. The maximum Gasteiger partial charge on any atom is 0.322 e. The molecule has 2 N–H and O–H groups in total. The average molecular weight is 768 g/mol. The summed E-state index contributed by atoms with van der Waals surface area (Å²) in [5.74, 6) is -1.29. The Bertz CT molecular complexity index is 1030. The summed E-state index contributed by atoms with van der Waals surface area (Å²) in [6.07, 6.45) is 58.0. The number of carboxylic acid groups (broad SMARTS) is 1. The topological polar surface area (TPSA) is 92.7 Å². The van der Waals surface area contributed by atoms with Crippen molar-refractivity contribution in [1.82, 2.24) is 5.32 Å². The van der Waals surface area contributed by atoms with Crippen LogP contribution in [0, 0.1) is 0 Å². The van der Waals surface area contributed by atoms with E-state index in [0.29, 0.717) is 12.8 Å². The zero-order valence-electron chi connectivity index (χ0n) is 35.8. The summed E-state index contributed by atoms with van der Waals surface area (Å²) in [6, 6.07) is 0. The number of nitrogens with one attached hydrogen (secondary N) is 1. The highest BCUT2D eigenvalue weighted by Crippen LogP contribution is 2.16. The Kier molecular flexibility index (Phi) is 41.5. The molecule has 0 heterocycles. The number of esters is 1. The zero-order chi connectivity index (χ0) is 40.1. The smallest absolute Gasteiger partial charge is 0.322 e. The summed E-state index contributed by atoms with van der Waals surface area (Å²) in [4.78, 5) is 34.9. The zero-order valence-corrected chi connectivity index (χ0v) is 35.8. The molecule has 0 bridgehead atoms. The molecule has 0 fully saturated rings. The van der Waals surface area contributed by atoms with Gasteiger partial charge in [-0.25, -0.2) is 0 Å². The van der Waals surface area contributed by atoms with Crippen LogP contribution in [0.3, 0.4) is 0 Å². The Hall–Kier alpha value is -2.89. The van der Waals surface area contributed by atoms with E-state index in [1.165, 1.54) is 109 Å². The Balaban J connectivity index is 4.09. The van der Waals surface area contributed by atoms with Gasteiger partial charge in [0.25, 0.3) is 0 Å². The molecule has 1 unspecified atom stereocenters. The van der Waals surface area contributed by atoms with Crippen molar-refractivity contribution < 1.29 is 24.2 Å². The SMILES string of the molecule is CCCCCC/C=C\C/C=C\C(CCCCCCCCC(=O)NCC(=O)O)OC(=O)CCCCCCCCCC/C=C\C/C=C\C/C=C\CCCCCCC. The van der Waals surface area contributed by atoms with Crippen LogP contribution in [0.25, 0.3) is 0 Å². The van der Waals surface area contributed by atoms with Crippen molar-refractivity contribution in [3.8, 4) is 0 Å². The first-order valence-corrected chi connectivity index (χ1v) is 22.9. The van der Waals surface area contributed by atoms with Crippen molar-refractivity contribution in [3.05, 3.63) is 60.8 Å². The molecule has 0 saturated carbocycles. The fourth-order valence-electron chi connectivity index (χ4n) is 6.47. The van der Waals surface area contributed by atoms with E-state index in [-0.39, 0.29) is 24.5 Å². The summed E-state index contributed by atoms with van der Waals surface area (Å²) < 4.78 is 5.94. The van der Waals surface area contributed by atoms with Crippen LogP contribution in [0.2, 0.25) is 0 Å². The van der Waals surface area contributed by atoms with E-state index in [1.807, 2.05) is 0 Å².